The number of hydrogen-bond acceptors (Lipinski definition) is 2. The summed E-state index contributed by atoms with van der Waals surface area (Å²) in [6.07, 6.45) is 4.70. The van der Waals surface area contributed by atoms with E-state index in [4.69, 9.17) is 5.73 Å². The van der Waals surface area contributed by atoms with Gasteiger partial charge in [0.25, 0.3) is 0 Å². The first kappa shape index (κ1) is 15.1. The molecule has 2 heterocycles. The number of nitrogens with zero attached hydrogens (tertiary/aromatic N) is 2. The quantitative estimate of drug-likeness (QED) is 0.748. The predicted octanol–water partition coefficient (Wildman–Crippen LogP) is 3.68. The molecule has 2 N–H and O–H groups in total. The van der Waals surface area contributed by atoms with Crippen molar-refractivity contribution in [1.82, 2.24) is 9.55 Å². The van der Waals surface area contributed by atoms with Crippen LogP contribution in [0.2, 0.25) is 0 Å². The summed E-state index contributed by atoms with van der Waals surface area (Å²) in [5.74, 6) is 0.635. The van der Waals surface area contributed by atoms with E-state index in [-0.39, 0.29) is 5.91 Å². The molecule has 2 aromatic carbocycles. The minimum Gasteiger partial charge on any atom is -0.370 e. The fourth-order valence-corrected chi connectivity index (χ4v) is 3.97. The minimum atomic E-state index is -0.460. The molecule has 0 aliphatic carbocycles. The number of fused-ring (bicyclic) bond motifs is 3. The van der Waals surface area contributed by atoms with Gasteiger partial charge in [-0.15, -0.1) is 0 Å². The largest absolute Gasteiger partial charge is 0.370 e. The second-order valence-electron chi connectivity index (χ2n) is 6.00. The molecule has 4 nitrogen and oxygen atoms in total. The molecule has 1 aliphatic rings. The third-order valence-corrected chi connectivity index (χ3v) is 5.25. The summed E-state index contributed by atoms with van der Waals surface area (Å²) in [4.78, 5) is 16.1. The number of halogens is 1. The molecule has 24 heavy (non-hydrogen) atoms. The van der Waals surface area contributed by atoms with Crippen LogP contribution in [0.5, 0.6) is 0 Å². The predicted molar refractivity (Wildman–Crippen MR) is 96.4 cm³/mol. The molecule has 0 saturated heterocycles. The average molecular weight is 382 g/mol. The summed E-state index contributed by atoms with van der Waals surface area (Å²) in [5.41, 5.74) is 8.41. The van der Waals surface area contributed by atoms with E-state index in [1.54, 1.807) is 0 Å². The highest BCUT2D eigenvalue weighted by atomic mass is 79.9. The zero-order chi connectivity index (χ0) is 16.7. The van der Waals surface area contributed by atoms with Gasteiger partial charge in [0.1, 0.15) is 5.82 Å². The van der Waals surface area contributed by atoms with Crippen LogP contribution in [0.4, 0.5) is 0 Å². The van der Waals surface area contributed by atoms with Crippen molar-refractivity contribution in [3.8, 4) is 11.4 Å². The third kappa shape index (κ3) is 2.12. The van der Waals surface area contributed by atoms with Crippen molar-refractivity contribution in [2.75, 3.05) is 0 Å². The molecule has 0 radical (unpaired) electrons. The van der Waals surface area contributed by atoms with Gasteiger partial charge < -0.3 is 10.3 Å². The van der Waals surface area contributed by atoms with E-state index in [0.29, 0.717) is 12.8 Å². The molecular weight excluding hydrogens is 366 g/mol. The van der Waals surface area contributed by atoms with Gasteiger partial charge >= 0.3 is 0 Å². The average Bonchev–Trinajstić information content (AvgIpc) is 3.15. The Morgan fingerprint density at radius 3 is 2.67 bits per heavy atom. The van der Waals surface area contributed by atoms with Crippen molar-refractivity contribution < 1.29 is 4.79 Å². The molecular formula is C19H16BrN3O. The van der Waals surface area contributed by atoms with Gasteiger partial charge in [-0.1, -0.05) is 52.3 Å². The van der Waals surface area contributed by atoms with E-state index in [1.807, 2.05) is 36.7 Å². The first-order valence-corrected chi connectivity index (χ1v) is 8.60. The lowest BCUT2D eigenvalue weighted by Crippen LogP contribution is -2.34. The van der Waals surface area contributed by atoms with Gasteiger partial charge in [0.05, 0.1) is 5.54 Å². The van der Waals surface area contributed by atoms with Crippen molar-refractivity contribution in [3.05, 3.63) is 76.5 Å². The maximum absolute atomic E-state index is 11.5. The molecule has 4 rings (SSSR count). The number of carbonyl (C=O) groups is 1. The Bertz CT molecular complexity index is 916. The Morgan fingerprint density at radius 2 is 1.92 bits per heavy atom. The summed E-state index contributed by atoms with van der Waals surface area (Å²) in [6, 6.07) is 16.5. The maximum Gasteiger partial charge on any atom is 0.217 e. The number of aromatic nitrogens is 2. The number of nitrogens with two attached hydrogens (primary N) is 1. The number of rotatable bonds is 4. The summed E-state index contributed by atoms with van der Waals surface area (Å²) < 4.78 is 3.19. The highest BCUT2D eigenvalue weighted by Crippen LogP contribution is 2.49. The van der Waals surface area contributed by atoms with Crippen molar-refractivity contribution in [1.29, 1.82) is 0 Å². The zero-order valence-electron chi connectivity index (χ0n) is 12.9. The second kappa shape index (κ2) is 5.60. The van der Waals surface area contributed by atoms with Gasteiger partial charge in [-0.2, -0.15) is 0 Å². The zero-order valence-corrected chi connectivity index (χ0v) is 14.5. The fourth-order valence-electron chi connectivity index (χ4n) is 3.70. The maximum atomic E-state index is 11.5. The Labute approximate surface area is 148 Å². The van der Waals surface area contributed by atoms with E-state index in [2.05, 4.69) is 49.7 Å². The van der Waals surface area contributed by atoms with Crippen molar-refractivity contribution in [2.45, 2.75) is 18.4 Å². The molecule has 1 unspecified atom stereocenters. The van der Waals surface area contributed by atoms with Crippen LogP contribution in [-0.2, 0) is 10.3 Å². The van der Waals surface area contributed by atoms with Crippen LogP contribution in [0.1, 0.15) is 24.0 Å². The summed E-state index contributed by atoms with van der Waals surface area (Å²) in [7, 11) is 0. The van der Waals surface area contributed by atoms with Crippen molar-refractivity contribution in [2.24, 2.45) is 5.73 Å². The van der Waals surface area contributed by atoms with Crippen LogP contribution in [0.3, 0.4) is 0 Å². The Hall–Kier alpha value is -2.40. The minimum absolute atomic E-state index is 0.294. The third-order valence-electron chi connectivity index (χ3n) is 4.72. The molecule has 5 heteroatoms. The van der Waals surface area contributed by atoms with Crippen LogP contribution in [0.25, 0.3) is 11.4 Å². The molecule has 0 saturated carbocycles. The number of benzene rings is 2. The van der Waals surface area contributed by atoms with Crippen LogP contribution >= 0.6 is 15.9 Å². The van der Waals surface area contributed by atoms with Crippen molar-refractivity contribution >= 4 is 21.8 Å². The topological polar surface area (TPSA) is 60.9 Å². The molecule has 120 valence electrons. The second-order valence-corrected chi connectivity index (χ2v) is 6.92. The fraction of sp³-hybridized carbons (Fsp3) is 0.158. The van der Waals surface area contributed by atoms with Gasteiger partial charge in [0.15, 0.2) is 0 Å². The smallest absolute Gasteiger partial charge is 0.217 e. The van der Waals surface area contributed by atoms with Crippen LogP contribution in [-0.4, -0.2) is 15.5 Å². The standard InChI is InChI=1S/C19H16BrN3O/c20-14-7-5-13(6-8-14)19(10-9-17(21)24)16-4-2-1-3-15(16)18-22-11-12-23(18)19/h1-8,11-12H,9-10H2,(H2,21,24). The number of amides is 1. The summed E-state index contributed by atoms with van der Waals surface area (Å²) >= 11 is 3.50. The Morgan fingerprint density at radius 1 is 1.17 bits per heavy atom. The summed E-state index contributed by atoms with van der Waals surface area (Å²) in [5, 5.41) is 0. The molecule has 1 amide bonds. The van der Waals surface area contributed by atoms with E-state index in [1.165, 1.54) is 0 Å². The molecule has 1 aliphatic heterocycles. The lowest BCUT2D eigenvalue weighted by atomic mass is 9.79. The van der Waals surface area contributed by atoms with E-state index < -0.39 is 5.54 Å². The SMILES string of the molecule is NC(=O)CCC1(c2ccc(Br)cc2)c2ccccc2-c2nccn21. The monoisotopic (exact) mass is 381 g/mol. The molecule has 1 atom stereocenters. The highest BCUT2D eigenvalue weighted by molar-refractivity contribution is 9.10. The van der Waals surface area contributed by atoms with Crippen LogP contribution in [0.15, 0.2) is 65.4 Å². The van der Waals surface area contributed by atoms with Crippen LogP contribution < -0.4 is 5.73 Å². The van der Waals surface area contributed by atoms with Gasteiger partial charge in [-0.3, -0.25) is 4.79 Å². The molecule has 0 spiro atoms. The van der Waals surface area contributed by atoms with Gasteiger partial charge in [0.2, 0.25) is 5.91 Å². The summed E-state index contributed by atoms with van der Waals surface area (Å²) in [6.45, 7) is 0. The molecule has 0 fully saturated rings. The van der Waals surface area contributed by atoms with E-state index in [0.717, 1.165) is 27.0 Å². The van der Waals surface area contributed by atoms with Crippen LogP contribution in [0, 0.1) is 0 Å². The first-order chi connectivity index (χ1) is 11.6. The lowest BCUT2D eigenvalue weighted by molar-refractivity contribution is -0.118. The lowest BCUT2D eigenvalue weighted by Gasteiger charge is -2.33. The van der Waals surface area contributed by atoms with Gasteiger partial charge in [-0.05, 0) is 29.7 Å². The number of carbonyl (C=O) groups excluding carboxylic acids is 1. The van der Waals surface area contributed by atoms with E-state index in [9.17, 15) is 4.79 Å². The van der Waals surface area contributed by atoms with Gasteiger partial charge in [0, 0.05) is 28.9 Å². The first-order valence-electron chi connectivity index (χ1n) is 7.81. The number of imidazole rings is 1. The molecule has 0 bridgehead atoms. The molecule has 1 aromatic heterocycles. The number of primary amides is 1. The van der Waals surface area contributed by atoms with Crippen molar-refractivity contribution in [3.63, 3.8) is 0 Å². The number of hydrogen-bond donors (Lipinski definition) is 1. The Kier molecular flexibility index (Phi) is 3.53. The normalized spacial score (nSPS) is 18.2. The molecule has 3 aromatic rings. The van der Waals surface area contributed by atoms with Gasteiger partial charge in [-0.25, -0.2) is 4.98 Å². The van der Waals surface area contributed by atoms with E-state index >= 15 is 0 Å². The highest BCUT2D eigenvalue weighted by Gasteiger charge is 2.44. The Balaban J connectivity index is 2.00.